The number of nitrogens with one attached hydrogen (secondary N) is 3. The summed E-state index contributed by atoms with van der Waals surface area (Å²) < 4.78 is 0. The lowest BCUT2D eigenvalue weighted by Gasteiger charge is -2.28. The normalized spacial score (nSPS) is 21.7. The van der Waals surface area contributed by atoms with E-state index in [2.05, 4.69) is 22.9 Å². The second-order valence-electron chi connectivity index (χ2n) is 8.67. The fourth-order valence-corrected chi connectivity index (χ4v) is 4.49. The van der Waals surface area contributed by atoms with Gasteiger partial charge in [0.15, 0.2) is 0 Å². The number of hydrogen-bond donors (Lipinski definition) is 3. The van der Waals surface area contributed by atoms with Gasteiger partial charge in [0.2, 0.25) is 5.91 Å². The molecule has 2 aliphatic rings. The van der Waals surface area contributed by atoms with Crippen molar-refractivity contribution < 1.29 is 9.59 Å². The number of carbonyl (C=O) groups excluding carboxylic acids is 2. The van der Waals surface area contributed by atoms with Gasteiger partial charge in [0.25, 0.3) is 5.91 Å². The van der Waals surface area contributed by atoms with Crippen molar-refractivity contribution in [2.75, 3.05) is 18.4 Å². The van der Waals surface area contributed by atoms with E-state index in [0.29, 0.717) is 29.9 Å². The number of carbonyl (C=O) groups is 2. The molecule has 154 valence electrons. The molecule has 1 saturated heterocycles. The third-order valence-electron chi connectivity index (χ3n) is 6.35. The third kappa shape index (κ3) is 5.81. The Bertz CT molecular complexity index is 676. The van der Waals surface area contributed by atoms with E-state index in [1.54, 1.807) is 0 Å². The lowest BCUT2D eigenvalue weighted by molar-refractivity contribution is -0.117. The third-order valence-corrected chi connectivity index (χ3v) is 6.35. The maximum Gasteiger partial charge on any atom is 0.251 e. The van der Waals surface area contributed by atoms with Crippen LogP contribution in [-0.2, 0) is 4.79 Å². The van der Waals surface area contributed by atoms with Gasteiger partial charge >= 0.3 is 0 Å². The van der Waals surface area contributed by atoms with Gasteiger partial charge in [0.1, 0.15) is 0 Å². The van der Waals surface area contributed by atoms with E-state index >= 15 is 0 Å². The molecule has 5 heteroatoms. The summed E-state index contributed by atoms with van der Waals surface area (Å²) in [4.78, 5) is 25.0. The number of rotatable bonds is 6. The van der Waals surface area contributed by atoms with Crippen molar-refractivity contribution in [3.05, 3.63) is 29.3 Å². The quantitative estimate of drug-likeness (QED) is 0.693. The van der Waals surface area contributed by atoms with Crippen molar-refractivity contribution in [3.8, 4) is 0 Å². The molecule has 1 aromatic carbocycles. The summed E-state index contributed by atoms with van der Waals surface area (Å²) >= 11 is 0. The van der Waals surface area contributed by atoms with Gasteiger partial charge < -0.3 is 16.0 Å². The van der Waals surface area contributed by atoms with Crippen molar-refractivity contribution >= 4 is 17.5 Å². The molecule has 0 aromatic heterocycles. The van der Waals surface area contributed by atoms with E-state index in [0.717, 1.165) is 37.2 Å². The molecule has 2 unspecified atom stereocenters. The van der Waals surface area contributed by atoms with Crippen LogP contribution in [0.2, 0.25) is 0 Å². The minimum atomic E-state index is -0.00806. The van der Waals surface area contributed by atoms with Crippen LogP contribution in [0.5, 0.6) is 0 Å². The first kappa shape index (κ1) is 20.8. The lowest BCUT2D eigenvalue weighted by Crippen LogP contribution is -2.36. The first-order valence-corrected chi connectivity index (χ1v) is 10.9. The molecule has 2 amide bonds. The van der Waals surface area contributed by atoms with Crippen LogP contribution < -0.4 is 16.0 Å². The summed E-state index contributed by atoms with van der Waals surface area (Å²) in [5.41, 5.74) is 2.40. The predicted molar refractivity (Wildman–Crippen MR) is 114 cm³/mol. The van der Waals surface area contributed by atoms with Crippen molar-refractivity contribution in [2.45, 2.75) is 71.3 Å². The molecule has 0 bridgehead atoms. The summed E-state index contributed by atoms with van der Waals surface area (Å²) in [6.45, 7) is 6.22. The van der Waals surface area contributed by atoms with Gasteiger partial charge in [-0.15, -0.1) is 0 Å². The monoisotopic (exact) mass is 385 g/mol. The standard InChI is InChI=1S/C23H35N3O2/c1-16(19-7-6-12-24-15-19)14-22(27)26-21-11-10-18(13-17(21)2)23(28)25-20-8-4-3-5-9-20/h10-11,13,16,19-20,24H,3-9,12,14-15H2,1-2H3,(H,25,28)(H,26,27). The van der Waals surface area contributed by atoms with Crippen molar-refractivity contribution in [2.24, 2.45) is 11.8 Å². The van der Waals surface area contributed by atoms with Crippen LogP contribution in [0.4, 0.5) is 5.69 Å². The van der Waals surface area contributed by atoms with Crippen molar-refractivity contribution in [3.63, 3.8) is 0 Å². The second-order valence-corrected chi connectivity index (χ2v) is 8.67. The van der Waals surface area contributed by atoms with Crippen LogP contribution in [0.15, 0.2) is 18.2 Å². The molecule has 1 saturated carbocycles. The molecule has 5 nitrogen and oxygen atoms in total. The highest BCUT2D eigenvalue weighted by Crippen LogP contribution is 2.24. The Kier molecular flexibility index (Phi) is 7.49. The van der Waals surface area contributed by atoms with Gasteiger partial charge in [-0.05, 0) is 81.3 Å². The van der Waals surface area contributed by atoms with Crippen molar-refractivity contribution in [1.29, 1.82) is 0 Å². The number of anilines is 1. The zero-order valence-electron chi connectivity index (χ0n) is 17.4. The largest absolute Gasteiger partial charge is 0.349 e. The average molecular weight is 386 g/mol. The zero-order chi connectivity index (χ0) is 19.9. The summed E-state index contributed by atoms with van der Waals surface area (Å²) in [7, 11) is 0. The van der Waals surface area contributed by atoms with Crippen LogP contribution in [0, 0.1) is 18.8 Å². The number of aryl methyl sites for hydroxylation is 1. The summed E-state index contributed by atoms with van der Waals surface area (Å²) in [5, 5.41) is 9.61. The average Bonchev–Trinajstić information content (AvgIpc) is 2.71. The van der Waals surface area contributed by atoms with Gasteiger partial charge in [-0.1, -0.05) is 26.2 Å². The van der Waals surface area contributed by atoms with E-state index in [1.165, 1.54) is 32.1 Å². The molecule has 28 heavy (non-hydrogen) atoms. The number of piperidine rings is 1. The Labute approximate surface area is 169 Å². The van der Waals surface area contributed by atoms with Gasteiger partial charge in [-0.25, -0.2) is 0 Å². The molecule has 2 atom stereocenters. The minimum absolute atomic E-state index is 0.00806. The Morgan fingerprint density at radius 1 is 1.14 bits per heavy atom. The molecule has 3 rings (SSSR count). The predicted octanol–water partition coefficient (Wildman–Crippen LogP) is 4.02. The highest BCUT2D eigenvalue weighted by Gasteiger charge is 2.22. The fraction of sp³-hybridized carbons (Fsp3) is 0.652. The van der Waals surface area contributed by atoms with Crippen LogP contribution >= 0.6 is 0 Å². The van der Waals surface area contributed by atoms with Crippen molar-refractivity contribution in [1.82, 2.24) is 10.6 Å². The number of amides is 2. The maximum absolute atomic E-state index is 12.5. The van der Waals surface area contributed by atoms with E-state index in [1.807, 2.05) is 25.1 Å². The topological polar surface area (TPSA) is 70.2 Å². The summed E-state index contributed by atoms with van der Waals surface area (Å²) in [6, 6.07) is 5.85. The Morgan fingerprint density at radius 2 is 1.93 bits per heavy atom. The summed E-state index contributed by atoms with van der Waals surface area (Å²) in [5.74, 6) is 0.993. The SMILES string of the molecule is Cc1cc(C(=O)NC2CCCCC2)ccc1NC(=O)CC(C)C1CCCNC1. The molecular weight excluding hydrogens is 350 g/mol. The molecule has 1 aliphatic heterocycles. The minimum Gasteiger partial charge on any atom is -0.349 e. The van der Waals surface area contributed by atoms with Gasteiger partial charge in [-0.2, -0.15) is 0 Å². The van der Waals surface area contributed by atoms with Crippen LogP contribution in [0.1, 0.15) is 74.2 Å². The molecule has 0 spiro atoms. The molecule has 3 N–H and O–H groups in total. The van der Waals surface area contributed by atoms with Crippen LogP contribution in [0.25, 0.3) is 0 Å². The van der Waals surface area contributed by atoms with Gasteiger partial charge in [-0.3, -0.25) is 9.59 Å². The molecular formula is C23H35N3O2. The number of benzene rings is 1. The molecule has 1 aromatic rings. The van der Waals surface area contributed by atoms with E-state index < -0.39 is 0 Å². The first-order chi connectivity index (χ1) is 13.5. The maximum atomic E-state index is 12.5. The number of hydrogen-bond acceptors (Lipinski definition) is 3. The molecule has 1 heterocycles. The highest BCUT2D eigenvalue weighted by molar-refractivity contribution is 5.96. The Morgan fingerprint density at radius 3 is 2.61 bits per heavy atom. The fourth-order valence-electron chi connectivity index (χ4n) is 4.49. The smallest absolute Gasteiger partial charge is 0.251 e. The molecule has 1 aliphatic carbocycles. The van der Waals surface area contributed by atoms with Gasteiger partial charge in [0, 0.05) is 23.7 Å². The van der Waals surface area contributed by atoms with E-state index in [9.17, 15) is 9.59 Å². The molecule has 0 radical (unpaired) electrons. The van der Waals surface area contributed by atoms with Gasteiger partial charge in [0.05, 0.1) is 0 Å². The summed E-state index contributed by atoms with van der Waals surface area (Å²) in [6.07, 6.45) is 8.76. The Balaban J connectivity index is 1.52. The van der Waals surface area contributed by atoms with Crippen LogP contribution in [0.3, 0.4) is 0 Å². The zero-order valence-corrected chi connectivity index (χ0v) is 17.4. The van der Waals surface area contributed by atoms with Crippen LogP contribution in [-0.4, -0.2) is 30.9 Å². The Hall–Kier alpha value is -1.88. The highest BCUT2D eigenvalue weighted by atomic mass is 16.2. The second kappa shape index (κ2) is 10.1. The lowest BCUT2D eigenvalue weighted by atomic mass is 9.85. The molecule has 2 fully saturated rings. The van der Waals surface area contributed by atoms with E-state index in [4.69, 9.17) is 0 Å². The first-order valence-electron chi connectivity index (χ1n) is 10.9. The van der Waals surface area contributed by atoms with E-state index in [-0.39, 0.29) is 11.8 Å².